The molecule has 1 saturated heterocycles. The summed E-state index contributed by atoms with van der Waals surface area (Å²) in [6, 6.07) is 19.9. The number of pyridine rings is 1. The van der Waals surface area contributed by atoms with Crippen LogP contribution in [0, 0.1) is 18.8 Å². The fourth-order valence-electron chi connectivity index (χ4n) is 4.89. The number of halogens is 3. The Hall–Kier alpha value is -4.58. The van der Waals surface area contributed by atoms with E-state index in [2.05, 4.69) is 10.3 Å². The number of aromatic nitrogens is 1. The van der Waals surface area contributed by atoms with Crippen molar-refractivity contribution in [3.05, 3.63) is 83.4 Å². The van der Waals surface area contributed by atoms with Crippen LogP contribution in [0.1, 0.15) is 17.7 Å². The highest BCUT2D eigenvalue weighted by molar-refractivity contribution is 7.91. The van der Waals surface area contributed by atoms with Gasteiger partial charge in [0.25, 0.3) is 10.0 Å². The number of carboxylic acids is 1. The molecule has 4 N–H and O–H groups in total. The first-order chi connectivity index (χ1) is 22.2. The zero-order chi connectivity index (χ0) is 34.4. The minimum Gasteiger partial charge on any atom is -0.489 e. The maximum absolute atomic E-state index is 13.2. The minimum atomic E-state index is -5.08. The van der Waals surface area contributed by atoms with Crippen molar-refractivity contribution in [2.24, 2.45) is 11.8 Å². The van der Waals surface area contributed by atoms with Crippen LogP contribution >= 0.6 is 11.3 Å². The molecule has 250 valence electrons. The number of carbonyl (C=O) groups excluding carboxylic acids is 2. The lowest BCUT2D eigenvalue weighted by Gasteiger charge is -2.35. The predicted molar refractivity (Wildman–Crippen MR) is 164 cm³/mol. The summed E-state index contributed by atoms with van der Waals surface area (Å²) in [5, 5.41) is 21.9. The van der Waals surface area contributed by atoms with Crippen LogP contribution in [0.3, 0.4) is 0 Å². The number of piperidine rings is 1. The number of thiophene rings is 1. The molecule has 17 heteroatoms. The third-order valence-electron chi connectivity index (χ3n) is 7.14. The first-order valence-electron chi connectivity index (χ1n) is 13.9. The van der Waals surface area contributed by atoms with Gasteiger partial charge in [0, 0.05) is 35.4 Å². The number of hydrogen-bond donors (Lipinski definition) is 4. The number of para-hydroxylation sites is 1. The molecule has 12 nitrogen and oxygen atoms in total. The number of carboxylic acid groups (broad SMARTS) is 1. The number of nitrogens with zero attached hydrogens (tertiary/aromatic N) is 2. The quantitative estimate of drug-likeness (QED) is 0.152. The number of aliphatic carboxylic acids is 1. The fourth-order valence-corrected chi connectivity index (χ4v) is 7.51. The molecule has 0 saturated carbocycles. The molecule has 3 heterocycles. The molecular weight excluding hydrogens is 665 g/mol. The van der Waals surface area contributed by atoms with Crippen molar-refractivity contribution in [1.82, 2.24) is 14.8 Å². The maximum atomic E-state index is 13.2. The zero-order valence-corrected chi connectivity index (χ0v) is 26.2. The molecule has 0 bridgehead atoms. The molecular formula is C30H29F3N4O8S2. The minimum absolute atomic E-state index is 0.0729. The summed E-state index contributed by atoms with van der Waals surface area (Å²) in [4.78, 5) is 39.1. The molecule has 0 aliphatic carbocycles. The number of carbonyl (C=O) groups is 3. The number of alkyl halides is 3. The second-order valence-electron chi connectivity index (χ2n) is 10.3. The highest BCUT2D eigenvalue weighted by atomic mass is 32.2. The molecule has 47 heavy (non-hydrogen) atoms. The van der Waals surface area contributed by atoms with Crippen LogP contribution in [0.15, 0.2) is 76.3 Å². The number of anilines is 1. The SMILES string of the molecule is Cc1cc(COc2ccc(NC(=O)[C@H]3CCN(S(=O)(=O)c4cccs4)C[C@@H]3C(=O)NO)cc2)c2ccccc2n1.O=C(O)C(F)(F)F. The zero-order valence-electron chi connectivity index (χ0n) is 24.6. The first-order valence-corrected chi connectivity index (χ1v) is 16.2. The van der Waals surface area contributed by atoms with Gasteiger partial charge in [-0.15, -0.1) is 11.3 Å². The van der Waals surface area contributed by atoms with E-state index >= 15 is 0 Å². The number of fused-ring (bicyclic) bond motifs is 1. The number of ether oxygens (including phenoxy) is 1. The Labute approximate surface area is 270 Å². The van der Waals surface area contributed by atoms with Gasteiger partial charge in [0.05, 0.1) is 17.4 Å². The van der Waals surface area contributed by atoms with E-state index in [0.717, 1.165) is 33.5 Å². The smallest absolute Gasteiger partial charge is 0.489 e. The Balaban J connectivity index is 0.000000644. The topological polar surface area (TPSA) is 175 Å². The molecule has 1 aliphatic heterocycles. The number of aryl methyl sites for hydroxylation is 1. The van der Waals surface area contributed by atoms with Gasteiger partial charge in [0.2, 0.25) is 11.8 Å². The van der Waals surface area contributed by atoms with Gasteiger partial charge in [-0.05, 0) is 61.2 Å². The predicted octanol–water partition coefficient (Wildman–Crippen LogP) is 4.59. The van der Waals surface area contributed by atoms with Gasteiger partial charge in [0.15, 0.2) is 0 Å². The van der Waals surface area contributed by atoms with Crippen LogP contribution in [0.2, 0.25) is 0 Å². The lowest BCUT2D eigenvalue weighted by molar-refractivity contribution is -0.192. The average Bonchev–Trinajstić information content (AvgIpc) is 3.60. The Morgan fingerprint density at radius 2 is 1.72 bits per heavy atom. The Bertz CT molecular complexity index is 1840. The van der Waals surface area contributed by atoms with Crippen LogP contribution < -0.4 is 15.5 Å². The van der Waals surface area contributed by atoms with Crippen LogP contribution in [0.25, 0.3) is 10.9 Å². The van der Waals surface area contributed by atoms with Gasteiger partial charge in [-0.2, -0.15) is 17.5 Å². The summed E-state index contributed by atoms with van der Waals surface area (Å²) in [5.74, 6) is -5.28. The van der Waals surface area contributed by atoms with E-state index in [4.69, 9.17) is 14.6 Å². The number of sulfonamides is 1. The Morgan fingerprint density at radius 3 is 2.34 bits per heavy atom. The molecule has 0 spiro atoms. The summed E-state index contributed by atoms with van der Waals surface area (Å²) in [7, 11) is -3.81. The molecule has 0 radical (unpaired) electrons. The maximum Gasteiger partial charge on any atom is 0.490 e. The molecule has 4 aromatic rings. The molecule has 5 rings (SSSR count). The number of hydroxylamine groups is 1. The third-order valence-corrected chi connectivity index (χ3v) is 10.4. The van der Waals surface area contributed by atoms with Crippen LogP contribution in [-0.2, 0) is 31.0 Å². The largest absolute Gasteiger partial charge is 0.490 e. The van der Waals surface area contributed by atoms with Crippen molar-refractivity contribution in [3.8, 4) is 5.75 Å². The second kappa shape index (κ2) is 14.9. The normalized spacial score (nSPS) is 16.9. The van der Waals surface area contributed by atoms with Crippen LogP contribution in [0.5, 0.6) is 5.75 Å². The van der Waals surface area contributed by atoms with Crippen molar-refractivity contribution in [1.29, 1.82) is 0 Å². The molecule has 2 amide bonds. The Kier molecular flexibility index (Phi) is 11.2. The number of benzene rings is 2. The lowest BCUT2D eigenvalue weighted by atomic mass is 9.85. The lowest BCUT2D eigenvalue weighted by Crippen LogP contribution is -2.51. The number of amides is 2. The van der Waals surface area contributed by atoms with E-state index in [0.29, 0.717) is 18.0 Å². The van der Waals surface area contributed by atoms with Gasteiger partial charge < -0.3 is 15.2 Å². The van der Waals surface area contributed by atoms with E-state index in [1.54, 1.807) is 41.2 Å². The van der Waals surface area contributed by atoms with E-state index in [-0.39, 0.29) is 23.7 Å². The standard InChI is InChI=1S/C28H28N4O6S2.C2HF3O2/c1-18-15-19(22-5-2-3-6-25(22)29-18)17-38-21-10-8-20(9-11-21)30-27(33)23-12-13-32(16-24(23)28(34)31-35)40(36,37)26-7-4-14-39-26;3-2(4,5)1(6)7/h2-11,14-15,23-24,35H,12-13,16-17H2,1H3,(H,30,33)(H,31,34);(H,6,7)/t23-,24-;/m0./s1. The van der Waals surface area contributed by atoms with Crippen LogP contribution in [-0.4, -0.2) is 65.1 Å². The summed E-state index contributed by atoms with van der Waals surface area (Å²) in [5.41, 5.74) is 4.90. The highest BCUT2D eigenvalue weighted by Crippen LogP contribution is 2.31. The van der Waals surface area contributed by atoms with Gasteiger partial charge in [-0.3, -0.25) is 19.8 Å². The molecule has 2 aromatic heterocycles. The first kappa shape index (κ1) is 35.3. The molecule has 2 atom stereocenters. The van der Waals surface area contributed by atoms with Gasteiger partial charge in [-0.1, -0.05) is 24.3 Å². The molecule has 2 aromatic carbocycles. The van der Waals surface area contributed by atoms with Gasteiger partial charge in [0.1, 0.15) is 16.6 Å². The summed E-state index contributed by atoms with van der Waals surface area (Å²) >= 11 is 1.08. The van der Waals surface area contributed by atoms with Crippen molar-refractivity contribution < 1.29 is 51.0 Å². The molecule has 1 fully saturated rings. The van der Waals surface area contributed by atoms with Gasteiger partial charge in [-0.25, -0.2) is 18.7 Å². The van der Waals surface area contributed by atoms with Crippen molar-refractivity contribution in [2.75, 3.05) is 18.4 Å². The molecule has 1 aliphatic rings. The van der Waals surface area contributed by atoms with E-state index in [9.17, 15) is 36.4 Å². The number of hydrogen-bond acceptors (Lipinski definition) is 9. The number of rotatable bonds is 8. The van der Waals surface area contributed by atoms with Crippen LogP contribution in [0.4, 0.5) is 18.9 Å². The highest BCUT2D eigenvalue weighted by Gasteiger charge is 2.42. The molecule has 0 unspecified atom stereocenters. The third kappa shape index (κ3) is 8.82. The average molecular weight is 695 g/mol. The Morgan fingerprint density at radius 1 is 1.04 bits per heavy atom. The van der Waals surface area contributed by atoms with Crippen molar-refractivity contribution in [3.63, 3.8) is 0 Å². The fraction of sp³-hybridized carbons (Fsp3) is 0.267. The van der Waals surface area contributed by atoms with Gasteiger partial charge >= 0.3 is 12.1 Å². The van der Waals surface area contributed by atoms with E-state index in [1.165, 1.54) is 10.4 Å². The van der Waals surface area contributed by atoms with E-state index in [1.807, 2.05) is 37.3 Å². The summed E-state index contributed by atoms with van der Waals surface area (Å²) in [6.45, 7) is 2.14. The second-order valence-corrected chi connectivity index (χ2v) is 13.4. The summed E-state index contributed by atoms with van der Waals surface area (Å²) < 4.78 is 65.0. The summed E-state index contributed by atoms with van der Waals surface area (Å²) in [6.07, 6.45) is -4.96. The van der Waals surface area contributed by atoms with Crippen molar-refractivity contribution >= 4 is 55.7 Å². The van der Waals surface area contributed by atoms with Crippen molar-refractivity contribution in [2.45, 2.75) is 30.3 Å². The monoisotopic (exact) mass is 694 g/mol. The van der Waals surface area contributed by atoms with E-state index < -0.39 is 45.8 Å². The number of nitrogens with one attached hydrogen (secondary N) is 2.